The number of aromatic nitrogens is 1. The SMILES string of the molecule is CNC(=O)CCNC(=O)c1cc(NC)nc(C(C)C)c1. The van der Waals surface area contributed by atoms with Crippen LogP contribution in [0.2, 0.25) is 0 Å². The Hall–Kier alpha value is -2.11. The van der Waals surface area contributed by atoms with Crippen LogP contribution in [-0.4, -0.2) is 37.4 Å². The molecule has 1 aromatic rings. The van der Waals surface area contributed by atoms with Crippen molar-refractivity contribution in [2.75, 3.05) is 26.0 Å². The Morgan fingerprint density at radius 2 is 1.95 bits per heavy atom. The average Bonchev–Trinajstić information content (AvgIpc) is 2.46. The van der Waals surface area contributed by atoms with Gasteiger partial charge in [-0.1, -0.05) is 13.8 Å². The Kier molecular flexibility index (Phi) is 5.96. The quantitative estimate of drug-likeness (QED) is 0.728. The molecule has 2 amide bonds. The Bertz CT molecular complexity index is 486. The van der Waals surface area contributed by atoms with Crippen molar-refractivity contribution in [1.82, 2.24) is 15.6 Å². The van der Waals surface area contributed by atoms with Gasteiger partial charge in [0.2, 0.25) is 5.91 Å². The van der Waals surface area contributed by atoms with Crippen LogP contribution < -0.4 is 16.0 Å². The van der Waals surface area contributed by atoms with E-state index in [4.69, 9.17) is 0 Å². The predicted octanol–water partition coefficient (Wildman–Crippen LogP) is 1.11. The first-order valence-corrected chi connectivity index (χ1v) is 6.66. The molecule has 0 bridgehead atoms. The molecular weight excluding hydrogens is 256 g/mol. The molecule has 1 heterocycles. The van der Waals surface area contributed by atoms with Gasteiger partial charge in [0.25, 0.3) is 5.91 Å². The fourth-order valence-electron chi connectivity index (χ4n) is 1.62. The minimum Gasteiger partial charge on any atom is -0.373 e. The summed E-state index contributed by atoms with van der Waals surface area (Å²) in [7, 11) is 3.33. The number of pyridine rings is 1. The lowest BCUT2D eigenvalue weighted by atomic mass is 10.1. The minimum absolute atomic E-state index is 0.0983. The number of hydrogen-bond acceptors (Lipinski definition) is 4. The number of carbonyl (C=O) groups is 2. The van der Waals surface area contributed by atoms with Gasteiger partial charge in [-0.2, -0.15) is 0 Å². The highest BCUT2D eigenvalue weighted by Crippen LogP contribution is 2.17. The number of hydrogen-bond donors (Lipinski definition) is 3. The first kappa shape index (κ1) is 15.9. The number of carbonyl (C=O) groups excluding carboxylic acids is 2. The summed E-state index contributed by atoms with van der Waals surface area (Å²) in [6.07, 6.45) is 0.267. The van der Waals surface area contributed by atoms with E-state index < -0.39 is 0 Å². The summed E-state index contributed by atoms with van der Waals surface area (Å²) in [4.78, 5) is 27.6. The third-order valence-electron chi connectivity index (χ3n) is 2.87. The molecule has 0 unspecified atom stereocenters. The van der Waals surface area contributed by atoms with Gasteiger partial charge in [-0.15, -0.1) is 0 Å². The smallest absolute Gasteiger partial charge is 0.251 e. The Labute approximate surface area is 119 Å². The molecule has 0 atom stereocenters. The van der Waals surface area contributed by atoms with E-state index in [1.165, 1.54) is 0 Å². The lowest BCUT2D eigenvalue weighted by Crippen LogP contribution is -2.29. The van der Waals surface area contributed by atoms with E-state index in [1.807, 2.05) is 13.8 Å². The van der Waals surface area contributed by atoms with E-state index in [-0.39, 0.29) is 24.2 Å². The first-order valence-electron chi connectivity index (χ1n) is 6.66. The predicted molar refractivity (Wildman–Crippen MR) is 78.9 cm³/mol. The van der Waals surface area contributed by atoms with Gasteiger partial charge in [-0.25, -0.2) is 4.98 Å². The van der Waals surface area contributed by atoms with Crippen molar-refractivity contribution >= 4 is 17.6 Å². The van der Waals surface area contributed by atoms with Crippen molar-refractivity contribution < 1.29 is 9.59 Å². The van der Waals surface area contributed by atoms with Crippen LogP contribution in [0.3, 0.4) is 0 Å². The molecule has 0 saturated heterocycles. The summed E-state index contributed by atoms with van der Waals surface area (Å²) in [5, 5.41) is 8.18. The zero-order valence-electron chi connectivity index (χ0n) is 12.4. The zero-order chi connectivity index (χ0) is 15.1. The molecule has 3 N–H and O–H groups in total. The second kappa shape index (κ2) is 7.47. The van der Waals surface area contributed by atoms with Crippen LogP contribution >= 0.6 is 0 Å². The van der Waals surface area contributed by atoms with Crippen molar-refractivity contribution in [2.45, 2.75) is 26.2 Å². The van der Waals surface area contributed by atoms with Crippen molar-refractivity contribution in [3.63, 3.8) is 0 Å². The molecule has 6 nitrogen and oxygen atoms in total. The monoisotopic (exact) mass is 278 g/mol. The highest BCUT2D eigenvalue weighted by Gasteiger charge is 2.11. The van der Waals surface area contributed by atoms with Crippen LogP contribution in [0.5, 0.6) is 0 Å². The molecule has 6 heteroatoms. The number of amides is 2. The molecule has 0 spiro atoms. The van der Waals surface area contributed by atoms with E-state index in [0.29, 0.717) is 17.9 Å². The Morgan fingerprint density at radius 1 is 1.25 bits per heavy atom. The standard InChI is InChI=1S/C14H22N4O2/c1-9(2)11-7-10(8-12(15-3)18-11)14(20)17-6-5-13(19)16-4/h7-9H,5-6H2,1-4H3,(H,15,18)(H,16,19)(H,17,20). The molecule has 20 heavy (non-hydrogen) atoms. The summed E-state index contributed by atoms with van der Waals surface area (Å²) in [5.41, 5.74) is 1.40. The van der Waals surface area contributed by atoms with Crippen molar-refractivity contribution in [1.29, 1.82) is 0 Å². The van der Waals surface area contributed by atoms with Crippen LogP contribution in [-0.2, 0) is 4.79 Å². The van der Waals surface area contributed by atoms with Crippen LogP contribution in [0.25, 0.3) is 0 Å². The van der Waals surface area contributed by atoms with Crippen LogP contribution in [0.15, 0.2) is 12.1 Å². The molecule has 0 aromatic carbocycles. The van der Waals surface area contributed by atoms with Crippen LogP contribution in [0.1, 0.15) is 42.2 Å². The molecule has 110 valence electrons. The first-order chi connectivity index (χ1) is 9.47. The normalized spacial score (nSPS) is 10.2. The average molecular weight is 278 g/mol. The minimum atomic E-state index is -0.199. The number of anilines is 1. The van der Waals surface area contributed by atoms with E-state index in [9.17, 15) is 9.59 Å². The van der Waals surface area contributed by atoms with Gasteiger partial charge < -0.3 is 16.0 Å². The van der Waals surface area contributed by atoms with E-state index in [2.05, 4.69) is 20.9 Å². The second-order valence-electron chi connectivity index (χ2n) is 4.75. The lowest BCUT2D eigenvalue weighted by molar-refractivity contribution is -0.120. The third-order valence-corrected chi connectivity index (χ3v) is 2.87. The highest BCUT2D eigenvalue weighted by molar-refractivity contribution is 5.95. The third kappa shape index (κ3) is 4.53. The topological polar surface area (TPSA) is 83.1 Å². The fraction of sp³-hybridized carbons (Fsp3) is 0.500. The summed E-state index contributed by atoms with van der Waals surface area (Å²) in [5.74, 6) is 0.599. The van der Waals surface area contributed by atoms with Gasteiger partial charge in [0.15, 0.2) is 0 Å². The lowest BCUT2D eigenvalue weighted by Gasteiger charge is -2.11. The maximum Gasteiger partial charge on any atom is 0.251 e. The van der Waals surface area contributed by atoms with Gasteiger partial charge in [0.05, 0.1) is 0 Å². The van der Waals surface area contributed by atoms with Gasteiger partial charge >= 0.3 is 0 Å². The van der Waals surface area contributed by atoms with Crippen LogP contribution in [0.4, 0.5) is 5.82 Å². The molecule has 1 rings (SSSR count). The number of rotatable bonds is 6. The van der Waals surface area contributed by atoms with E-state index >= 15 is 0 Å². The highest BCUT2D eigenvalue weighted by atomic mass is 16.2. The molecule has 0 aliphatic carbocycles. The van der Waals surface area contributed by atoms with Gasteiger partial charge in [0, 0.05) is 38.3 Å². The largest absolute Gasteiger partial charge is 0.373 e. The maximum atomic E-state index is 12.1. The maximum absolute atomic E-state index is 12.1. The fourth-order valence-corrected chi connectivity index (χ4v) is 1.62. The molecule has 0 saturated carbocycles. The van der Waals surface area contributed by atoms with Gasteiger partial charge in [0.1, 0.15) is 5.82 Å². The van der Waals surface area contributed by atoms with Gasteiger partial charge in [-0.05, 0) is 18.1 Å². The summed E-state index contributed by atoms with van der Waals surface area (Å²) in [6, 6.07) is 3.47. The number of nitrogens with one attached hydrogen (secondary N) is 3. The molecule has 0 fully saturated rings. The van der Waals surface area contributed by atoms with E-state index in [0.717, 1.165) is 5.69 Å². The van der Waals surface area contributed by atoms with Gasteiger partial charge in [-0.3, -0.25) is 9.59 Å². The van der Waals surface area contributed by atoms with Crippen LogP contribution in [0, 0.1) is 0 Å². The summed E-state index contributed by atoms with van der Waals surface area (Å²) < 4.78 is 0. The van der Waals surface area contributed by atoms with Crippen molar-refractivity contribution in [2.24, 2.45) is 0 Å². The van der Waals surface area contributed by atoms with E-state index in [1.54, 1.807) is 26.2 Å². The summed E-state index contributed by atoms with van der Waals surface area (Å²) >= 11 is 0. The Morgan fingerprint density at radius 3 is 2.50 bits per heavy atom. The number of nitrogens with zero attached hydrogens (tertiary/aromatic N) is 1. The molecule has 0 radical (unpaired) electrons. The second-order valence-corrected chi connectivity index (χ2v) is 4.75. The zero-order valence-corrected chi connectivity index (χ0v) is 12.4. The molecule has 1 aromatic heterocycles. The summed E-state index contributed by atoms with van der Waals surface area (Å²) in [6.45, 7) is 4.36. The molecule has 0 aliphatic rings. The van der Waals surface area contributed by atoms with Crippen molar-refractivity contribution in [3.05, 3.63) is 23.4 Å². The Balaban J connectivity index is 2.76. The molecular formula is C14H22N4O2. The molecule has 0 aliphatic heterocycles. The van der Waals surface area contributed by atoms with Crippen molar-refractivity contribution in [3.8, 4) is 0 Å².